The van der Waals surface area contributed by atoms with Gasteiger partial charge in [-0.15, -0.1) is 0 Å². The van der Waals surface area contributed by atoms with Crippen LogP contribution < -0.4 is 5.32 Å². The first-order valence-corrected chi connectivity index (χ1v) is 20.5. The van der Waals surface area contributed by atoms with Crippen molar-refractivity contribution in [2.75, 3.05) is 19.8 Å². The van der Waals surface area contributed by atoms with Gasteiger partial charge in [0.2, 0.25) is 5.91 Å². The van der Waals surface area contributed by atoms with Gasteiger partial charge in [-0.3, -0.25) is 18.6 Å². The molecular formula is C38H68NO10P. The molecule has 0 aromatic heterocycles. The lowest BCUT2D eigenvalue weighted by atomic mass is 10.1. The van der Waals surface area contributed by atoms with E-state index in [1.165, 1.54) is 44.9 Å². The van der Waals surface area contributed by atoms with E-state index in [4.69, 9.17) is 13.8 Å². The molecule has 0 heterocycles. The van der Waals surface area contributed by atoms with Crippen molar-refractivity contribution in [2.45, 2.75) is 167 Å². The number of allylic oxidation sites excluding steroid dienone is 6. The second-order valence-electron chi connectivity index (χ2n) is 12.8. The van der Waals surface area contributed by atoms with E-state index in [9.17, 15) is 34.1 Å². The molecule has 290 valence electrons. The summed E-state index contributed by atoms with van der Waals surface area (Å²) in [6.45, 7) is 2.47. The van der Waals surface area contributed by atoms with Crippen LogP contribution in [0.2, 0.25) is 0 Å². The third-order valence-corrected chi connectivity index (χ3v) is 8.88. The Kier molecular flexibility index (Phi) is 32.3. The van der Waals surface area contributed by atoms with E-state index in [0.717, 1.165) is 70.6 Å². The predicted molar refractivity (Wildman–Crippen MR) is 199 cm³/mol. The lowest BCUT2D eigenvalue weighted by Crippen LogP contribution is -2.43. The van der Waals surface area contributed by atoms with Crippen LogP contribution >= 0.6 is 7.82 Å². The minimum atomic E-state index is -4.75. The van der Waals surface area contributed by atoms with Crippen LogP contribution in [0.5, 0.6) is 0 Å². The number of phosphoric acid groups is 1. The number of phosphoric ester groups is 1. The molecule has 0 bridgehead atoms. The minimum absolute atomic E-state index is 0.131. The van der Waals surface area contributed by atoms with Crippen LogP contribution in [-0.4, -0.2) is 64.9 Å². The lowest BCUT2D eigenvalue weighted by Gasteiger charge is -2.18. The topological polar surface area (TPSA) is 169 Å². The van der Waals surface area contributed by atoms with E-state index >= 15 is 0 Å². The highest BCUT2D eigenvalue weighted by Crippen LogP contribution is 2.43. The van der Waals surface area contributed by atoms with Crippen LogP contribution in [-0.2, 0) is 32.7 Å². The van der Waals surface area contributed by atoms with Gasteiger partial charge in [-0.1, -0.05) is 127 Å². The van der Waals surface area contributed by atoms with Crippen LogP contribution in [0.1, 0.15) is 155 Å². The van der Waals surface area contributed by atoms with Crippen LogP contribution in [0.25, 0.3) is 0 Å². The second kappa shape index (κ2) is 33.8. The lowest BCUT2D eigenvalue weighted by molar-refractivity contribution is -0.147. The summed E-state index contributed by atoms with van der Waals surface area (Å²) in [6.07, 6.45) is 33.4. The van der Waals surface area contributed by atoms with Crippen molar-refractivity contribution >= 4 is 25.7 Å². The molecule has 0 radical (unpaired) electrons. The number of unbranched alkanes of at least 4 members (excludes halogenated alkanes) is 15. The number of aliphatic carboxylic acids is 1. The van der Waals surface area contributed by atoms with E-state index in [-0.39, 0.29) is 12.8 Å². The summed E-state index contributed by atoms with van der Waals surface area (Å²) in [5.41, 5.74) is 0. The third kappa shape index (κ3) is 32.9. The summed E-state index contributed by atoms with van der Waals surface area (Å²) in [4.78, 5) is 45.5. The summed E-state index contributed by atoms with van der Waals surface area (Å²) in [6, 6.07) is -1.55. The van der Waals surface area contributed by atoms with Crippen molar-refractivity contribution in [2.24, 2.45) is 0 Å². The smallest absolute Gasteiger partial charge is 0.472 e. The van der Waals surface area contributed by atoms with Crippen LogP contribution in [0.3, 0.4) is 0 Å². The standard InChI is InChI=1S/C38H68NO10P/c1-3-5-7-9-11-12-13-14-15-16-17-18-19-20-21-22-24-25-27-29-36(41)39-35(38(43)44)33-49-50(45,46)48-32-34(40)31-47-37(42)30-28-26-23-10-8-6-4-2/h11-12,14-15,17-18,34-35,40H,3-10,13,16,19-33H2,1-2H3,(H,39,41)(H,43,44)(H,45,46)/b12-11-,15-14-,18-17-. The maximum Gasteiger partial charge on any atom is 0.472 e. The average molecular weight is 730 g/mol. The Labute approximate surface area is 301 Å². The molecule has 0 aromatic carbocycles. The number of esters is 1. The van der Waals surface area contributed by atoms with Gasteiger partial charge in [-0.2, -0.15) is 0 Å². The normalized spacial score (nSPS) is 14.3. The zero-order valence-electron chi connectivity index (χ0n) is 30.9. The van der Waals surface area contributed by atoms with E-state index in [0.29, 0.717) is 12.8 Å². The summed E-state index contributed by atoms with van der Waals surface area (Å²) in [7, 11) is -4.75. The Morgan fingerprint density at radius 3 is 1.68 bits per heavy atom. The summed E-state index contributed by atoms with van der Waals surface area (Å²) in [5.74, 6) is -2.40. The highest BCUT2D eigenvalue weighted by atomic mass is 31.2. The summed E-state index contributed by atoms with van der Waals surface area (Å²) < 4.78 is 26.6. The number of rotatable bonds is 35. The van der Waals surface area contributed by atoms with Gasteiger partial charge < -0.3 is 25.2 Å². The zero-order chi connectivity index (χ0) is 37.1. The van der Waals surface area contributed by atoms with Crippen molar-refractivity contribution < 1.29 is 47.8 Å². The molecule has 0 spiro atoms. The van der Waals surface area contributed by atoms with Crippen molar-refractivity contribution in [3.05, 3.63) is 36.5 Å². The fourth-order valence-corrected chi connectivity index (χ4v) is 5.68. The number of hydrogen-bond donors (Lipinski definition) is 4. The van der Waals surface area contributed by atoms with E-state index in [1.54, 1.807) is 0 Å². The number of ether oxygens (including phenoxy) is 1. The van der Waals surface area contributed by atoms with Gasteiger partial charge >= 0.3 is 19.8 Å². The molecule has 12 heteroatoms. The second-order valence-corrected chi connectivity index (χ2v) is 14.2. The predicted octanol–water partition coefficient (Wildman–Crippen LogP) is 8.88. The van der Waals surface area contributed by atoms with Gasteiger partial charge in [0, 0.05) is 12.8 Å². The number of carbonyl (C=O) groups is 3. The zero-order valence-corrected chi connectivity index (χ0v) is 31.8. The van der Waals surface area contributed by atoms with E-state index < -0.39 is 57.6 Å². The maximum atomic E-state index is 12.3. The Balaban J connectivity index is 3.98. The maximum absolute atomic E-state index is 12.3. The van der Waals surface area contributed by atoms with Crippen molar-refractivity contribution in [3.8, 4) is 0 Å². The monoisotopic (exact) mass is 729 g/mol. The van der Waals surface area contributed by atoms with Gasteiger partial charge in [0.15, 0.2) is 6.04 Å². The molecule has 0 rings (SSSR count). The summed E-state index contributed by atoms with van der Waals surface area (Å²) >= 11 is 0. The molecule has 0 fully saturated rings. The largest absolute Gasteiger partial charge is 0.480 e. The number of aliphatic hydroxyl groups is 1. The van der Waals surface area contributed by atoms with Crippen LogP contribution in [0.4, 0.5) is 0 Å². The fraction of sp³-hybridized carbons (Fsp3) is 0.763. The molecule has 0 saturated heterocycles. The molecule has 50 heavy (non-hydrogen) atoms. The summed E-state index contributed by atoms with van der Waals surface area (Å²) in [5, 5.41) is 21.7. The fourth-order valence-electron chi connectivity index (χ4n) is 4.91. The minimum Gasteiger partial charge on any atom is -0.480 e. The first-order valence-electron chi connectivity index (χ1n) is 19.0. The number of carboxylic acids is 1. The van der Waals surface area contributed by atoms with E-state index in [2.05, 4.69) is 55.6 Å². The Morgan fingerprint density at radius 1 is 0.640 bits per heavy atom. The highest BCUT2D eigenvalue weighted by Gasteiger charge is 2.28. The first kappa shape index (κ1) is 47.7. The van der Waals surface area contributed by atoms with Gasteiger partial charge in [0.25, 0.3) is 0 Å². The molecule has 0 aliphatic rings. The van der Waals surface area contributed by atoms with Crippen molar-refractivity contribution in [1.82, 2.24) is 5.32 Å². The van der Waals surface area contributed by atoms with Gasteiger partial charge in [-0.25, -0.2) is 9.36 Å². The van der Waals surface area contributed by atoms with Gasteiger partial charge in [-0.05, 0) is 51.4 Å². The molecule has 11 nitrogen and oxygen atoms in total. The molecule has 0 aliphatic carbocycles. The molecule has 1 amide bonds. The number of carboxylic acid groups (broad SMARTS) is 1. The first-order chi connectivity index (χ1) is 24.1. The van der Waals surface area contributed by atoms with Crippen molar-refractivity contribution in [1.29, 1.82) is 0 Å². The number of hydrogen-bond acceptors (Lipinski definition) is 8. The molecule has 3 atom stereocenters. The number of amides is 1. The molecule has 0 aliphatic heterocycles. The molecule has 3 unspecified atom stereocenters. The number of carbonyl (C=O) groups excluding carboxylic acids is 2. The quantitative estimate of drug-likeness (QED) is 0.0214. The van der Waals surface area contributed by atoms with Gasteiger partial charge in [0.05, 0.1) is 13.2 Å². The van der Waals surface area contributed by atoms with Crippen molar-refractivity contribution in [3.63, 3.8) is 0 Å². The molecular weight excluding hydrogens is 661 g/mol. The molecule has 0 aromatic rings. The van der Waals surface area contributed by atoms with Gasteiger partial charge in [0.1, 0.15) is 12.7 Å². The average Bonchev–Trinajstić information content (AvgIpc) is 3.08. The SMILES string of the molecule is CCCCC/C=C\C/C=C\C/C=C\CCCCCCCCC(=O)NC(COP(=O)(O)OCC(O)COC(=O)CCCCCCCCC)C(=O)O. The highest BCUT2D eigenvalue weighted by molar-refractivity contribution is 7.47. The molecule has 4 N–H and O–H groups in total. The molecule has 0 saturated carbocycles. The Morgan fingerprint density at radius 2 is 1.10 bits per heavy atom. The Bertz CT molecular complexity index is 1000. The number of aliphatic hydroxyl groups excluding tert-OH is 1. The van der Waals surface area contributed by atoms with Crippen LogP contribution in [0.15, 0.2) is 36.5 Å². The Hall–Kier alpha value is -2.30. The third-order valence-electron chi connectivity index (χ3n) is 7.93. The number of nitrogens with one attached hydrogen (secondary N) is 1. The van der Waals surface area contributed by atoms with Crippen LogP contribution in [0, 0.1) is 0 Å². The van der Waals surface area contributed by atoms with E-state index in [1.807, 2.05) is 0 Å².